The predicted molar refractivity (Wildman–Crippen MR) is 103 cm³/mol. The molecule has 6 heteroatoms. The topological polar surface area (TPSA) is 60.2 Å². The van der Waals surface area contributed by atoms with Crippen molar-refractivity contribution in [1.82, 2.24) is 19.4 Å². The molecule has 0 unspecified atom stereocenters. The summed E-state index contributed by atoms with van der Waals surface area (Å²) < 4.78 is 7.87. The number of hydrogen-bond acceptors (Lipinski definition) is 4. The van der Waals surface area contributed by atoms with Crippen molar-refractivity contribution in [2.24, 2.45) is 0 Å². The zero-order chi connectivity index (χ0) is 18.8. The van der Waals surface area contributed by atoms with Crippen LogP contribution in [-0.2, 0) is 24.4 Å². The molecule has 0 atom stereocenters. The Hall–Kier alpha value is -2.73. The lowest BCUT2D eigenvalue weighted by molar-refractivity contribution is 0.0619. The molecule has 1 aromatic carbocycles. The zero-order valence-electron chi connectivity index (χ0n) is 15.8. The number of carbonyl (C=O) groups excluding carboxylic acids is 1. The SMILES string of the molecule is CC(C)OCc1ncn2c1CN(C(=O)c1ccc3ccccc3n1)CCC2. The highest BCUT2D eigenvalue weighted by Crippen LogP contribution is 2.20. The first-order valence-corrected chi connectivity index (χ1v) is 9.41. The number of hydrogen-bond donors (Lipinski definition) is 0. The maximum Gasteiger partial charge on any atom is 0.272 e. The Bertz CT molecular complexity index is 964. The van der Waals surface area contributed by atoms with Gasteiger partial charge in [0.25, 0.3) is 5.91 Å². The van der Waals surface area contributed by atoms with Gasteiger partial charge in [-0.05, 0) is 32.4 Å². The van der Waals surface area contributed by atoms with Crippen molar-refractivity contribution in [1.29, 1.82) is 0 Å². The maximum atomic E-state index is 13.1. The average molecular weight is 364 g/mol. The van der Waals surface area contributed by atoms with Gasteiger partial charge in [-0.3, -0.25) is 4.79 Å². The molecule has 6 nitrogen and oxygen atoms in total. The van der Waals surface area contributed by atoms with E-state index in [4.69, 9.17) is 4.74 Å². The van der Waals surface area contributed by atoms with Gasteiger partial charge in [0.05, 0.1) is 42.5 Å². The second kappa shape index (κ2) is 7.48. The molecule has 0 bridgehead atoms. The minimum Gasteiger partial charge on any atom is -0.372 e. The molecule has 27 heavy (non-hydrogen) atoms. The fourth-order valence-corrected chi connectivity index (χ4v) is 3.40. The molecule has 0 fully saturated rings. The van der Waals surface area contributed by atoms with Crippen molar-refractivity contribution < 1.29 is 9.53 Å². The van der Waals surface area contributed by atoms with E-state index in [0.29, 0.717) is 25.4 Å². The number of aryl methyl sites for hydroxylation is 1. The van der Waals surface area contributed by atoms with E-state index >= 15 is 0 Å². The third-order valence-corrected chi connectivity index (χ3v) is 4.86. The van der Waals surface area contributed by atoms with E-state index in [0.717, 1.165) is 35.3 Å². The van der Waals surface area contributed by atoms with Gasteiger partial charge in [0, 0.05) is 18.5 Å². The molecule has 4 rings (SSSR count). The molecule has 0 radical (unpaired) electrons. The van der Waals surface area contributed by atoms with Crippen LogP contribution in [0.5, 0.6) is 0 Å². The zero-order valence-corrected chi connectivity index (χ0v) is 15.8. The van der Waals surface area contributed by atoms with Crippen molar-refractivity contribution in [2.45, 2.75) is 46.1 Å². The van der Waals surface area contributed by atoms with Gasteiger partial charge in [0.2, 0.25) is 0 Å². The maximum absolute atomic E-state index is 13.1. The van der Waals surface area contributed by atoms with Gasteiger partial charge in [0.15, 0.2) is 0 Å². The molecule has 1 aliphatic rings. The number of amides is 1. The van der Waals surface area contributed by atoms with Crippen LogP contribution in [0.2, 0.25) is 0 Å². The van der Waals surface area contributed by atoms with Gasteiger partial charge in [-0.15, -0.1) is 0 Å². The number of benzene rings is 1. The predicted octanol–water partition coefficient (Wildman–Crippen LogP) is 3.40. The molecule has 3 aromatic rings. The summed E-state index contributed by atoms with van der Waals surface area (Å²) in [4.78, 5) is 24.1. The summed E-state index contributed by atoms with van der Waals surface area (Å²) in [6, 6.07) is 11.6. The van der Waals surface area contributed by atoms with Crippen LogP contribution in [0, 0.1) is 0 Å². The van der Waals surface area contributed by atoms with Crippen LogP contribution in [0.25, 0.3) is 10.9 Å². The summed E-state index contributed by atoms with van der Waals surface area (Å²) in [5.41, 5.74) is 3.30. The number of carbonyl (C=O) groups is 1. The van der Waals surface area contributed by atoms with Gasteiger partial charge >= 0.3 is 0 Å². The second-order valence-electron chi connectivity index (χ2n) is 7.16. The third kappa shape index (κ3) is 3.71. The summed E-state index contributed by atoms with van der Waals surface area (Å²) in [6.07, 6.45) is 2.90. The first kappa shape index (κ1) is 17.7. The van der Waals surface area contributed by atoms with Crippen molar-refractivity contribution in [3.05, 3.63) is 59.8 Å². The van der Waals surface area contributed by atoms with E-state index in [1.165, 1.54) is 0 Å². The lowest BCUT2D eigenvalue weighted by atomic mass is 10.2. The van der Waals surface area contributed by atoms with Gasteiger partial charge < -0.3 is 14.2 Å². The van der Waals surface area contributed by atoms with Crippen LogP contribution in [0.15, 0.2) is 42.7 Å². The molecule has 0 saturated heterocycles. The Kier molecular flexibility index (Phi) is 4.90. The first-order valence-electron chi connectivity index (χ1n) is 9.41. The second-order valence-corrected chi connectivity index (χ2v) is 7.16. The van der Waals surface area contributed by atoms with Crippen LogP contribution >= 0.6 is 0 Å². The summed E-state index contributed by atoms with van der Waals surface area (Å²) in [5.74, 6) is -0.0360. The number of imidazole rings is 1. The quantitative estimate of drug-likeness (QED) is 0.712. The molecule has 0 saturated carbocycles. The van der Waals surface area contributed by atoms with Crippen molar-refractivity contribution in [2.75, 3.05) is 6.54 Å². The van der Waals surface area contributed by atoms with E-state index in [1.54, 1.807) is 0 Å². The Labute approximate surface area is 158 Å². The number of ether oxygens (including phenoxy) is 1. The van der Waals surface area contributed by atoms with Crippen LogP contribution in [0.4, 0.5) is 0 Å². The molecule has 0 N–H and O–H groups in total. The van der Waals surface area contributed by atoms with Crippen molar-refractivity contribution in [3.63, 3.8) is 0 Å². The minimum absolute atomic E-state index is 0.0360. The standard InChI is InChI=1S/C21H24N4O2/c1-15(2)27-13-19-20-12-24(10-5-11-25(20)14-22-19)21(26)18-9-8-16-6-3-4-7-17(16)23-18/h3-4,6-9,14-15H,5,10-13H2,1-2H3. The lowest BCUT2D eigenvalue weighted by Crippen LogP contribution is -2.31. The fourth-order valence-electron chi connectivity index (χ4n) is 3.40. The van der Waals surface area contributed by atoms with Crippen molar-refractivity contribution in [3.8, 4) is 0 Å². The van der Waals surface area contributed by atoms with E-state index in [9.17, 15) is 4.79 Å². The Morgan fingerprint density at radius 1 is 1.19 bits per heavy atom. The highest BCUT2D eigenvalue weighted by atomic mass is 16.5. The number of aromatic nitrogens is 3. The van der Waals surface area contributed by atoms with Gasteiger partial charge in [-0.1, -0.05) is 24.3 Å². The summed E-state index contributed by atoms with van der Waals surface area (Å²) >= 11 is 0. The number of fused-ring (bicyclic) bond motifs is 2. The summed E-state index contributed by atoms with van der Waals surface area (Å²) in [5, 5.41) is 1.04. The lowest BCUT2D eigenvalue weighted by Gasteiger charge is -2.20. The first-order chi connectivity index (χ1) is 13.1. The van der Waals surface area contributed by atoms with Gasteiger partial charge in [-0.25, -0.2) is 9.97 Å². The van der Waals surface area contributed by atoms with Crippen LogP contribution < -0.4 is 0 Å². The van der Waals surface area contributed by atoms with Gasteiger partial charge in [-0.2, -0.15) is 0 Å². The van der Waals surface area contributed by atoms with E-state index < -0.39 is 0 Å². The molecule has 1 aliphatic heterocycles. The van der Waals surface area contributed by atoms with E-state index in [1.807, 2.05) is 61.5 Å². The highest BCUT2D eigenvalue weighted by Gasteiger charge is 2.24. The molecular formula is C21H24N4O2. The minimum atomic E-state index is -0.0360. The number of nitrogens with zero attached hydrogens (tertiary/aromatic N) is 4. The number of pyridine rings is 1. The smallest absolute Gasteiger partial charge is 0.272 e. The van der Waals surface area contributed by atoms with Crippen LogP contribution in [0.3, 0.4) is 0 Å². The Morgan fingerprint density at radius 3 is 2.89 bits per heavy atom. The molecule has 2 aromatic heterocycles. The largest absolute Gasteiger partial charge is 0.372 e. The summed E-state index contributed by atoms with van der Waals surface area (Å²) in [6.45, 7) is 6.59. The van der Waals surface area contributed by atoms with Crippen LogP contribution in [-0.4, -0.2) is 38.0 Å². The fraction of sp³-hybridized carbons (Fsp3) is 0.381. The van der Waals surface area contributed by atoms with E-state index in [2.05, 4.69) is 14.5 Å². The Balaban J connectivity index is 1.58. The molecule has 0 aliphatic carbocycles. The summed E-state index contributed by atoms with van der Waals surface area (Å²) in [7, 11) is 0. The van der Waals surface area contributed by atoms with Crippen molar-refractivity contribution >= 4 is 16.8 Å². The molecule has 140 valence electrons. The Morgan fingerprint density at radius 2 is 2.04 bits per heavy atom. The number of para-hydroxylation sites is 1. The van der Waals surface area contributed by atoms with E-state index in [-0.39, 0.29) is 12.0 Å². The molecule has 1 amide bonds. The average Bonchev–Trinajstić information content (AvgIpc) is 2.93. The highest BCUT2D eigenvalue weighted by molar-refractivity contribution is 5.94. The number of rotatable bonds is 4. The van der Waals surface area contributed by atoms with Gasteiger partial charge in [0.1, 0.15) is 5.69 Å². The van der Waals surface area contributed by atoms with Crippen LogP contribution in [0.1, 0.15) is 42.1 Å². The monoisotopic (exact) mass is 364 g/mol. The molecular weight excluding hydrogens is 340 g/mol. The normalized spacial score (nSPS) is 14.4. The molecule has 0 spiro atoms. The third-order valence-electron chi connectivity index (χ3n) is 4.86. The molecule has 3 heterocycles.